The maximum absolute atomic E-state index is 12.7. The van der Waals surface area contributed by atoms with Gasteiger partial charge in [-0.1, -0.05) is 42.5 Å². The van der Waals surface area contributed by atoms with Crippen molar-refractivity contribution in [2.24, 2.45) is 0 Å². The van der Waals surface area contributed by atoms with E-state index in [1.165, 1.54) is 11.8 Å². The summed E-state index contributed by atoms with van der Waals surface area (Å²) in [6.07, 6.45) is 4.87. The smallest absolute Gasteiger partial charge is 0.266 e. The fourth-order valence-electron chi connectivity index (χ4n) is 3.43. The number of unbranched alkanes of at least 4 members (excludes halogenated alkanes) is 2. The van der Waals surface area contributed by atoms with Crippen molar-refractivity contribution in [2.45, 2.75) is 25.7 Å². The number of hydrazine groups is 1. The Morgan fingerprint density at radius 2 is 1.87 bits per heavy atom. The van der Waals surface area contributed by atoms with E-state index in [0.29, 0.717) is 22.2 Å². The fourth-order valence-corrected chi connectivity index (χ4v) is 4.74. The zero-order valence-electron chi connectivity index (χ0n) is 18.1. The number of hydrogen-bond acceptors (Lipinski definition) is 7. The molecule has 0 spiro atoms. The molecule has 1 aromatic rings. The molecule has 31 heavy (non-hydrogen) atoms. The average Bonchev–Trinajstić information content (AvgIpc) is 3.03. The predicted molar refractivity (Wildman–Crippen MR) is 129 cm³/mol. The van der Waals surface area contributed by atoms with Gasteiger partial charge < -0.3 is 9.64 Å². The molecule has 7 nitrogen and oxygen atoms in total. The molecule has 168 valence electrons. The van der Waals surface area contributed by atoms with Gasteiger partial charge in [0, 0.05) is 39.1 Å². The second-order valence-electron chi connectivity index (χ2n) is 7.74. The molecule has 0 atom stereocenters. The molecule has 2 aliphatic rings. The SMILES string of the molecule is COc1ccc(/C=C2\SC(=S)N(CCCCCC(=O)NN3CCN(C)CC3)C2=O)cc1. The predicted octanol–water partition coefficient (Wildman–Crippen LogP) is 2.74. The molecule has 1 aromatic carbocycles. The molecule has 2 fully saturated rings. The van der Waals surface area contributed by atoms with Crippen molar-refractivity contribution in [3.05, 3.63) is 34.7 Å². The van der Waals surface area contributed by atoms with E-state index in [2.05, 4.69) is 17.4 Å². The first-order chi connectivity index (χ1) is 15.0. The van der Waals surface area contributed by atoms with Gasteiger partial charge in [0.15, 0.2) is 0 Å². The van der Waals surface area contributed by atoms with Crippen LogP contribution in [0.25, 0.3) is 6.08 Å². The molecule has 0 saturated carbocycles. The van der Waals surface area contributed by atoms with Crippen LogP contribution in [-0.4, -0.2) is 77.8 Å². The number of nitrogens with one attached hydrogen (secondary N) is 1. The number of benzene rings is 1. The molecule has 0 radical (unpaired) electrons. The minimum Gasteiger partial charge on any atom is -0.497 e. The molecule has 0 aromatic heterocycles. The lowest BCUT2D eigenvalue weighted by molar-refractivity contribution is -0.127. The van der Waals surface area contributed by atoms with Crippen molar-refractivity contribution < 1.29 is 14.3 Å². The normalized spacial score (nSPS) is 19.3. The van der Waals surface area contributed by atoms with Crippen LogP contribution in [0.15, 0.2) is 29.2 Å². The number of rotatable bonds is 9. The van der Waals surface area contributed by atoms with Gasteiger partial charge in [-0.15, -0.1) is 0 Å². The summed E-state index contributed by atoms with van der Waals surface area (Å²) in [6, 6.07) is 7.57. The fraction of sp³-hybridized carbons (Fsp3) is 0.500. The number of carbonyl (C=O) groups excluding carboxylic acids is 2. The van der Waals surface area contributed by atoms with Crippen molar-refractivity contribution in [1.82, 2.24) is 20.2 Å². The van der Waals surface area contributed by atoms with Crippen LogP contribution in [0.2, 0.25) is 0 Å². The summed E-state index contributed by atoms with van der Waals surface area (Å²) < 4.78 is 5.76. The topological polar surface area (TPSA) is 65.1 Å². The van der Waals surface area contributed by atoms with E-state index in [-0.39, 0.29) is 11.8 Å². The van der Waals surface area contributed by atoms with Gasteiger partial charge in [0.1, 0.15) is 10.1 Å². The minimum absolute atomic E-state index is 0.0429. The Kier molecular flexibility index (Phi) is 8.89. The van der Waals surface area contributed by atoms with Gasteiger partial charge in [0.25, 0.3) is 5.91 Å². The molecule has 2 aliphatic heterocycles. The van der Waals surface area contributed by atoms with Crippen molar-refractivity contribution in [3.63, 3.8) is 0 Å². The summed E-state index contributed by atoms with van der Waals surface area (Å²) in [6.45, 7) is 4.25. The lowest BCUT2D eigenvalue weighted by Crippen LogP contribution is -2.52. The van der Waals surface area contributed by atoms with Gasteiger partial charge in [-0.25, -0.2) is 5.01 Å². The summed E-state index contributed by atoms with van der Waals surface area (Å²) in [5.41, 5.74) is 3.92. The van der Waals surface area contributed by atoms with E-state index in [1.54, 1.807) is 12.0 Å². The number of amides is 2. The highest BCUT2D eigenvalue weighted by atomic mass is 32.2. The Morgan fingerprint density at radius 3 is 2.55 bits per heavy atom. The first-order valence-corrected chi connectivity index (χ1v) is 11.8. The Bertz CT molecular complexity index is 821. The lowest BCUT2D eigenvalue weighted by Gasteiger charge is -2.32. The van der Waals surface area contributed by atoms with Crippen molar-refractivity contribution in [1.29, 1.82) is 0 Å². The van der Waals surface area contributed by atoms with E-state index in [9.17, 15) is 9.59 Å². The number of hydrogen-bond donors (Lipinski definition) is 1. The number of likely N-dealkylation sites (N-methyl/N-ethyl adjacent to an activating group) is 1. The van der Waals surface area contributed by atoms with Crippen molar-refractivity contribution >= 4 is 46.2 Å². The number of piperazine rings is 1. The van der Waals surface area contributed by atoms with Crippen LogP contribution in [0.1, 0.15) is 31.2 Å². The Balaban J connectivity index is 1.37. The van der Waals surface area contributed by atoms with Crippen LogP contribution < -0.4 is 10.2 Å². The van der Waals surface area contributed by atoms with Gasteiger partial charge in [-0.3, -0.25) is 19.9 Å². The third kappa shape index (κ3) is 7.03. The third-order valence-corrected chi connectivity index (χ3v) is 6.74. The number of methoxy groups -OCH3 is 1. The zero-order chi connectivity index (χ0) is 22.2. The number of ether oxygens (including phenoxy) is 1. The number of carbonyl (C=O) groups is 2. The highest BCUT2D eigenvalue weighted by Crippen LogP contribution is 2.33. The molecule has 0 aliphatic carbocycles. The van der Waals surface area contributed by atoms with E-state index in [0.717, 1.165) is 56.8 Å². The maximum atomic E-state index is 12.7. The molecule has 9 heteroatoms. The monoisotopic (exact) mass is 462 g/mol. The van der Waals surface area contributed by atoms with Gasteiger partial charge in [0.2, 0.25) is 5.91 Å². The zero-order valence-corrected chi connectivity index (χ0v) is 19.8. The first kappa shape index (κ1) is 23.7. The van der Waals surface area contributed by atoms with Gasteiger partial charge in [-0.2, -0.15) is 0 Å². The van der Waals surface area contributed by atoms with Gasteiger partial charge >= 0.3 is 0 Å². The molecule has 0 bridgehead atoms. The lowest BCUT2D eigenvalue weighted by atomic mass is 10.1. The molecule has 0 unspecified atom stereocenters. The van der Waals surface area contributed by atoms with E-state index < -0.39 is 0 Å². The molecular weight excluding hydrogens is 432 g/mol. The van der Waals surface area contributed by atoms with E-state index in [1.807, 2.05) is 35.4 Å². The van der Waals surface area contributed by atoms with Crippen LogP contribution in [0.5, 0.6) is 5.75 Å². The summed E-state index contributed by atoms with van der Waals surface area (Å²) >= 11 is 6.74. The summed E-state index contributed by atoms with van der Waals surface area (Å²) in [4.78, 5) is 29.4. The summed E-state index contributed by atoms with van der Waals surface area (Å²) in [7, 11) is 3.71. The van der Waals surface area contributed by atoms with Crippen LogP contribution in [-0.2, 0) is 9.59 Å². The second kappa shape index (κ2) is 11.6. The number of nitrogens with zero attached hydrogens (tertiary/aromatic N) is 3. The van der Waals surface area contributed by atoms with Crippen LogP contribution in [0.3, 0.4) is 0 Å². The van der Waals surface area contributed by atoms with E-state index >= 15 is 0 Å². The van der Waals surface area contributed by atoms with Crippen molar-refractivity contribution in [3.8, 4) is 5.75 Å². The summed E-state index contributed by atoms with van der Waals surface area (Å²) in [5.74, 6) is 0.804. The van der Waals surface area contributed by atoms with Gasteiger partial charge in [0.05, 0.1) is 12.0 Å². The molecule has 2 heterocycles. The van der Waals surface area contributed by atoms with Gasteiger partial charge in [-0.05, 0) is 43.7 Å². The van der Waals surface area contributed by atoms with Crippen molar-refractivity contribution in [2.75, 3.05) is 46.9 Å². The second-order valence-corrected chi connectivity index (χ2v) is 9.42. The standard InChI is InChI=1S/C22H30N4O3S2/c1-24-12-14-25(15-13-24)23-20(27)6-4-3-5-11-26-21(28)19(31-22(26)30)16-17-7-9-18(29-2)10-8-17/h7-10,16H,3-6,11-15H2,1-2H3,(H,23,27)/b19-16-. The number of thioether (sulfide) groups is 1. The third-order valence-electron chi connectivity index (χ3n) is 5.36. The first-order valence-electron chi connectivity index (χ1n) is 10.6. The Hall–Kier alpha value is -1.94. The van der Waals surface area contributed by atoms with E-state index in [4.69, 9.17) is 17.0 Å². The van der Waals surface area contributed by atoms with Crippen LogP contribution in [0.4, 0.5) is 0 Å². The maximum Gasteiger partial charge on any atom is 0.266 e. The highest BCUT2D eigenvalue weighted by molar-refractivity contribution is 8.26. The Morgan fingerprint density at radius 1 is 1.16 bits per heavy atom. The molecule has 3 rings (SSSR count). The Labute approximate surface area is 193 Å². The quantitative estimate of drug-likeness (QED) is 0.344. The van der Waals surface area contributed by atoms with Crippen LogP contribution in [0, 0.1) is 0 Å². The highest BCUT2D eigenvalue weighted by Gasteiger charge is 2.31. The number of thiocarbonyl (C=S) groups is 1. The minimum atomic E-state index is -0.0429. The summed E-state index contributed by atoms with van der Waals surface area (Å²) in [5, 5.41) is 2.00. The molecule has 2 amide bonds. The average molecular weight is 463 g/mol. The molecule has 1 N–H and O–H groups in total. The largest absolute Gasteiger partial charge is 0.497 e. The molecular formula is C22H30N4O3S2. The molecule has 2 saturated heterocycles. The van der Waals surface area contributed by atoms with Crippen LogP contribution >= 0.6 is 24.0 Å².